The lowest BCUT2D eigenvalue weighted by molar-refractivity contribution is -0.121. The summed E-state index contributed by atoms with van der Waals surface area (Å²) in [7, 11) is 1.62. The Hall–Kier alpha value is -2.30. The lowest BCUT2D eigenvalue weighted by Gasteiger charge is -2.16. The molecule has 1 heterocycles. The number of aryl methyl sites for hydroxylation is 1. The van der Waals surface area contributed by atoms with Crippen molar-refractivity contribution >= 4 is 28.1 Å². The fraction of sp³-hybridized carbons (Fsp3) is 0.286. The Morgan fingerprint density at radius 3 is 2.79 bits per heavy atom. The SMILES string of the molecule is CNC(=O)C(C)Nc1ccc(N)c2cnc(C)cc12. The molecule has 5 nitrogen and oxygen atoms in total. The molecule has 1 aromatic carbocycles. The van der Waals surface area contributed by atoms with Gasteiger partial charge in [0.1, 0.15) is 6.04 Å². The molecule has 0 bridgehead atoms. The molecule has 1 unspecified atom stereocenters. The number of nitrogens with one attached hydrogen (secondary N) is 2. The number of anilines is 2. The van der Waals surface area contributed by atoms with Crippen LogP contribution < -0.4 is 16.4 Å². The summed E-state index contributed by atoms with van der Waals surface area (Å²) in [5, 5.41) is 7.68. The first kappa shape index (κ1) is 13.1. The Bertz CT molecular complexity index is 624. The largest absolute Gasteiger partial charge is 0.398 e. The molecule has 2 rings (SSSR count). The van der Waals surface area contributed by atoms with Crippen molar-refractivity contribution in [2.75, 3.05) is 18.1 Å². The van der Waals surface area contributed by atoms with E-state index in [2.05, 4.69) is 15.6 Å². The molecule has 0 saturated carbocycles. The molecule has 0 fully saturated rings. The van der Waals surface area contributed by atoms with Gasteiger partial charge in [-0.3, -0.25) is 9.78 Å². The summed E-state index contributed by atoms with van der Waals surface area (Å²) in [6.07, 6.45) is 1.76. The lowest BCUT2D eigenvalue weighted by atomic mass is 10.1. The van der Waals surface area contributed by atoms with E-state index in [1.165, 1.54) is 0 Å². The number of amides is 1. The Balaban J connectivity index is 2.46. The smallest absolute Gasteiger partial charge is 0.241 e. The van der Waals surface area contributed by atoms with Crippen LogP contribution in [0.3, 0.4) is 0 Å². The molecule has 0 aliphatic heterocycles. The maximum Gasteiger partial charge on any atom is 0.241 e. The van der Waals surface area contributed by atoms with Crippen LogP contribution in [0.5, 0.6) is 0 Å². The van der Waals surface area contributed by atoms with Crippen LogP contribution in [0.15, 0.2) is 24.4 Å². The molecule has 0 saturated heterocycles. The maximum absolute atomic E-state index is 11.6. The summed E-state index contributed by atoms with van der Waals surface area (Å²) >= 11 is 0. The second kappa shape index (κ2) is 5.14. The highest BCUT2D eigenvalue weighted by Gasteiger charge is 2.12. The molecule has 1 aromatic heterocycles. The molecule has 0 spiro atoms. The highest BCUT2D eigenvalue weighted by molar-refractivity contribution is 6.01. The summed E-state index contributed by atoms with van der Waals surface area (Å²) in [6.45, 7) is 3.74. The molecule has 5 heteroatoms. The van der Waals surface area contributed by atoms with E-state index in [1.54, 1.807) is 13.2 Å². The molecule has 4 N–H and O–H groups in total. The summed E-state index contributed by atoms with van der Waals surface area (Å²) in [4.78, 5) is 15.8. The summed E-state index contributed by atoms with van der Waals surface area (Å²) < 4.78 is 0. The van der Waals surface area contributed by atoms with Gasteiger partial charge in [0.15, 0.2) is 0 Å². The first-order valence-electron chi connectivity index (χ1n) is 6.16. The van der Waals surface area contributed by atoms with E-state index in [1.807, 2.05) is 32.0 Å². The zero-order valence-corrected chi connectivity index (χ0v) is 11.3. The number of aromatic nitrogens is 1. The Morgan fingerprint density at radius 2 is 2.11 bits per heavy atom. The van der Waals surface area contributed by atoms with E-state index < -0.39 is 0 Å². The van der Waals surface area contributed by atoms with Gasteiger partial charge in [-0.15, -0.1) is 0 Å². The number of hydrogen-bond donors (Lipinski definition) is 3. The van der Waals surface area contributed by atoms with Gasteiger partial charge in [0.2, 0.25) is 5.91 Å². The Labute approximate surface area is 112 Å². The first-order chi connectivity index (χ1) is 9.02. The Kier molecular flexibility index (Phi) is 3.55. The van der Waals surface area contributed by atoms with Crippen LogP contribution in [0, 0.1) is 6.92 Å². The summed E-state index contributed by atoms with van der Waals surface area (Å²) in [5.74, 6) is -0.0595. The number of hydrogen-bond acceptors (Lipinski definition) is 4. The van der Waals surface area contributed by atoms with Gasteiger partial charge in [-0.2, -0.15) is 0 Å². The van der Waals surface area contributed by atoms with Gasteiger partial charge >= 0.3 is 0 Å². The molecule has 2 aromatic rings. The van der Waals surface area contributed by atoms with Crippen LogP contribution in [-0.4, -0.2) is 24.0 Å². The highest BCUT2D eigenvalue weighted by atomic mass is 16.2. The van der Waals surface area contributed by atoms with Crippen LogP contribution in [0.4, 0.5) is 11.4 Å². The fourth-order valence-electron chi connectivity index (χ4n) is 2.01. The van der Waals surface area contributed by atoms with Crippen LogP contribution in [0.1, 0.15) is 12.6 Å². The van der Waals surface area contributed by atoms with Gasteiger partial charge in [-0.25, -0.2) is 0 Å². The molecule has 1 atom stereocenters. The molecular formula is C14H18N4O. The predicted molar refractivity (Wildman–Crippen MR) is 78.0 cm³/mol. The average molecular weight is 258 g/mol. The van der Waals surface area contributed by atoms with E-state index in [0.717, 1.165) is 22.2 Å². The third-order valence-electron chi connectivity index (χ3n) is 3.08. The molecule has 19 heavy (non-hydrogen) atoms. The number of carbonyl (C=O) groups excluding carboxylic acids is 1. The minimum absolute atomic E-state index is 0.0595. The van der Waals surface area contributed by atoms with Crippen LogP contribution in [0.2, 0.25) is 0 Å². The van der Waals surface area contributed by atoms with Gasteiger partial charge in [0.05, 0.1) is 0 Å². The maximum atomic E-state index is 11.6. The fourth-order valence-corrected chi connectivity index (χ4v) is 2.01. The van der Waals surface area contributed by atoms with Crippen molar-refractivity contribution in [3.63, 3.8) is 0 Å². The second-order valence-electron chi connectivity index (χ2n) is 4.55. The summed E-state index contributed by atoms with van der Waals surface area (Å²) in [6, 6.07) is 5.35. The van der Waals surface area contributed by atoms with E-state index in [-0.39, 0.29) is 11.9 Å². The van der Waals surface area contributed by atoms with Crippen LogP contribution in [0.25, 0.3) is 10.8 Å². The summed E-state index contributed by atoms with van der Waals surface area (Å²) in [5.41, 5.74) is 8.42. The van der Waals surface area contributed by atoms with Gasteiger partial charge in [0.25, 0.3) is 0 Å². The van der Waals surface area contributed by atoms with Crippen molar-refractivity contribution in [3.05, 3.63) is 30.1 Å². The third-order valence-corrected chi connectivity index (χ3v) is 3.08. The zero-order valence-electron chi connectivity index (χ0n) is 11.3. The average Bonchev–Trinajstić information content (AvgIpc) is 2.40. The number of carbonyl (C=O) groups is 1. The number of likely N-dealkylation sites (N-methyl/N-ethyl adjacent to an activating group) is 1. The minimum atomic E-state index is -0.315. The van der Waals surface area contributed by atoms with Gasteiger partial charge in [-0.05, 0) is 32.0 Å². The zero-order chi connectivity index (χ0) is 14.0. The lowest BCUT2D eigenvalue weighted by Crippen LogP contribution is -2.35. The van der Waals surface area contributed by atoms with E-state index in [0.29, 0.717) is 5.69 Å². The van der Waals surface area contributed by atoms with Crippen molar-refractivity contribution in [1.29, 1.82) is 0 Å². The molecule has 100 valence electrons. The first-order valence-corrected chi connectivity index (χ1v) is 6.16. The van der Waals surface area contributed by atoms with E-state index >= 15 is 0 Å². The number of benzene rings is 1. The van der Waals surface area contributed by atoms with Gasteiger partial charge < -0.3 is 16.4 Å². The molecule has 0 radical (unpaired) electrons. The Morgan fingerprint density at radius 1 is 1.37 bits per heavy atom. The topological polar surface area (TPSA) is 80.0 Å². The highest BCUT2D eigenvalue weighted by Crippen LogP contribution is 2.28. The molecule has 0 aliphatic rings. The standard InChI is InChI=1S/C14H18N4O/c1-8-6-10-11(7-17-8)12(15)4-5-13(10)18-9(2)14(19)16-3/h4-7,9,18H,15H2,1-3H3,(H,16,19). The number of nitrogen functional groups attached to an aromatic ring is 1. The van der Waals surface area contributed by atoms with Crippen molar-refractivity contribution in [1.82, 2.24) is 10.3 Å². The number of pyridine rings is 1. The number of fused-ring (bicyclic) bond motifs is 1. The number of nitrogens with two attached hydrogens (primary N) is 1. The normalized spacial score (nSPS) is 12.2. The van der Waals surface area contributed by atoms with Crippen molar-refractivity contribution in [2.45, 2.75) is 19.9 Å². The molecule has 1 amide bonds. The number of nitrogens with zero attached hydrogens (tertiary/aromatic N) is 1. The van der Waals surface area contributed by atoms with Gasteiger partial charge in [-0.1, -0.05) is 0 Å². The van der Waals surface area contributed by atoms with E-state index in [4.69, 9.17) is 5.73 Å². The minimum Gasteiger partial charge on any atom is -0.398 e. The molecular weight excluding hydrogens is 240 g/mol. The molecule has 0 aliphatic carbocycles. The van der Waals surface area contributed by atoms with Crippen LogP contribution >= 0.6 is 0 Å². The van der Waals surface area contributed by atoms with Crippen molar-refractivity contribution in [3.8, 4) is 0 Å². The number of rotatable bonds is 3. The van der Waals surface area contributed by atoms with Gasteiger partial charge in [0, 0.05) is 41.1 Å². The van der Waals surface area contributed by atoms with Crippen molar-refractivity contribution in [2.24, 2.45) is 0 Å². The van der Waals surface area contributed by atoms with E-state index in [9.17, 15) is 4.79 Å². The second-order valence-corrected chi connectivity index (χ2v) is 4.55. The monoisotopic (exact) mass is 258 g/mol. The third kappa shape index (κ3) is 2.59. The van der Waals surface area contributed by atoms with Crippen LogP contribution in [-0.2, 0) is 4.79 Å². The predicted octanol–water partition coefficient (Wildman–Crippen LogP) is 1.67. The van der Waals surface area contributed by atoms with Crippen molar-refractivity contribution < 1.29 is 4.79 Å². The quantitative estimate of drug-likeness (QED) is 0.732.